The number of hydrogen-bond donors (Lipinski definition) is 2. The Labute approximate surface area is 143 Å². The molecular weight excluding hydrogens is 288 g/mol. The van der Waals surface area contributed by atoms with E-state index in [1.807, 2.05) is 0 Å². The molecule has 0 spiro atoms. The second kappa shape index (κ2) is 13.6. The summed E-state index contributed by atoms with van der Waals surface area (Å²) in [6, 6.07) is 0.789. The Morgan fingerprint density at radius 3 is 2.57 bits per heavy atom. The van der Waals surface area contributed by atoms with Crippen molar-refractivity contribution in [2.45, 2.75) is 64.8 Å². The zero-order valence-corrected chi connectivity index (χ0v) is 15.6. The maximum atomic E-state index is 5.57. The second-order valence-electron chi connectivity index (χ2n) is 6.43. The molecule has 136 valence electrons. The van der Waals surface area contributed by atoms with Crippen molar-refractivity contribution in [3.05, 3.63) is 0 Å². The molecule has 0 unspecified atom stereocenters. The smallest absolute Gasteiger partial charge is 0.191 e. The van der Waals surface area contributed by atoms with E-state index >= 15 is 0 Å². The van der Waals surface area contributed by atoms with Gasteiger partial charge >= 0.3 is 0 Å². The molecule has 0 saturated heterocycles. The number of nitrogens with one attached hydrogen (secondary N) is 2. The highest BCUT2D eigenvalue weighted by atomic mass is 16.5. The number of ether oxygens (including phenoxy) is 1. The lowest BCUT2D eigenvalue weighted by Gasteiger charge is -2.24. The number of likely N-dealkylation sites (N-methyl/N-ethyl adjacent to an activating group) is 1. The van der Waals surface area contributed by atoms with Crippen LogP contribution in [0, 0.1) is 0 Å². The van der Waals surface area contributed by atoms with Gasteiger partial charge in [0.1, 0.15) is 0 Å². The van der Waals surface area contributed by atoms with E-state index in [4.69, 9.17) is 4.74 Å². The molecule has 2 N–H and O–H groups in total. The molecule has 5 heteroatoms. The molecule has 5 nitrogen and oxygen atoms in total. The standard InChI is InChI=1S/C18H38N4O/c1-4-6-15-23-16-9-12-20-18(19-5-2)21-13-14-22(3)17-10-7-8-11-17/h17H,4-16H2,1-3H3,(H2,19,20,21). The average molecular weight is 327 g/mol. The highest BCUT2D eigenvalue weighted by Crippen LogP contribution is 2.21. The molecule has 1 rings (SSSR count). The molecule has 1 saturated carbocycles. The molecule has 1 fully saturated rings. The SMILES string of the molecule is CCCCOCCCN=C(NCC)NCCN(C)C1CCCC1. The molecular formula is C18H38N4O. The maximum absolute atomic E-state index is 5.57. The summed E-state index contributed by atoms with van der Waals surface area (Å²) in [5.41, 5.74) is 0. The van der Waals surface area contributed by atoms with Crippen LogP contribution in [-0.4, -0.2) is 63.3 Å². The van der Waals surface area contributed by atoms with Gasteiger partial charge in [-0.3, -0.25) is 4.99 Å². The molecule has 23 heavy (non-hydrogen) atoms. The molecule has 0 aliphatic heterocycles. The first-order chi connectivity index (χ1) is 11.3. The predicted octanol–water partition coefficient (Wildman–Crippen LogP) is 2.62. The van der Waals surface area contributed by atoms with E-state index in [1.165, 1.54) is 32.1 Å². The number of rotatable bonds is 12. The van der Waals surface area contributed by atoms with Gasteiger partial charge in [-0.25, -0.2) is 0 Å². The van der Waals surface area contributed by atoms with E-state index in [2.05, 4.69) is 41.4 Å². The molecule has 1 aliphatic carbocycles. The second-order valence-corrected chi connectivity index (χ2v) is 6.43. The first-order valence-electron chi connectivity index (χ1n) is 9.58. The fraction of sp³-hybridized carbons (Fsp3) is 0.944. The van der Waals surface area contributed by atoms with Crippen molar-refractivity contribution in [1.82, 2.24) is 15.5 Å². The van der Waals surface area contributed by atoms with Crippen molar-refractivity contribution < 1.29 is 4.74 Å². The van der Waals surface area contributed by atoms with Crippen LogP contribution in [0.1, 0.15) is 58.8 Å². The third-order valence-electron chi connectivity index (χ3n) is 4.41. The number of aliphatic imine (C=N–C) groups is 1. The lowest BCUT2D eigenvalue weighted by atomic mass is 10.2. The summed E-state index contributed by atoms with van der Waals surface area (Å²) in [5, 5.41) is 6.76. The third-order valence-corrected chi connectivity index (χ3v) is 4.41. The van der Waals surface area contributed by atoms with Crippen LogP contribution in [0.3, 0.4) is 0 Å². The van der Waals surface area contributed by atoms with Crippen LogP contribution in [0.15, 0.2) is 4.99 Å². The molecule has 0 aromatic carbocycles. The van der Waals surface area contributed by atoms with Crippen molar-refractivity contribution >= 4 is 5.96 Å². The molecule has 0 amide bonds. The number of hydrogen-bond acceptors (Lipinski definition) is 3. The lowest BCUT2D eigenvalue weighted by molar-refractivity contribution is 0.130. The minimum absolute atomic E-state index is 0.789. The molecule has 0 aromatic heterocycles. The lowest BCUT2D eigenvalue weighted by Crippen LogP contribution is -2.42. The van der Waals surface area contributed by atoms with Crippen LogP contribution in [0.25, 0.3) is 0 Å². The molecule has 1 aliphatic rings. The third kappa shape index (κ3) is 9.82. The van der Waals surface area contributed by atoms with Crippen LogP contribution in [-0.2, 0) is 4.74 Å². The first kappa shape index (κ1) is 20.2. The monoisotopic (exact) mass is 326 g/mol. The van der Waals surface area contributed by atoms with Gasteiger partial charge in [0.15, 0.2) is 5.96 Å². The summed E-state index contributed by atoms with van der Waals surface area (Å²) in [5.74, 6) is 0.931. The van der Waals surface area contributed by atoms with E-state index in [9.17, 15) is 0 Å². The highest BCUT2D eigenvalue weighted by Gasteiger charge is 2.18. The maximum Gasteiger partial charge on any atom is 0.191 e. The van der Waals surface area contributed by atoms with Crippen LogP contribution >= 0.6 is 0 Å². The van der Waals surface area contributed by atoms with E-state index in [0.29, 0.717) is 0 Å². The first-order valence-corrected chi connectivity index (χ1v) is 9.58. The van der Waals surface area contributed by atoms with Gasteiger partial charge in [0.25, 0.3) is 0 Å². The molecule has 0 atom stereocenters. The van der Waals surface area contributed by atoms with E-state index in [0.717, 1.165) is 64.2 Å². The molecule has 0 radical (unpaired) electrons. The van der Waals surface area contributed by atoms with Gasteiger partial charge in [-0.2, -0.15) is 0 Å². The van der Waals surface area contributed by atoms with E-state index in [-0.39, 0.29) is 0 Å². The van der Waals surface area contributed by atoms with Crippen molar-refractivity contribution in [2.75, 3.05) is 46.4 Å². The van der Waals surface area contributed by atoms with Gasteiger partial charge in [-0.1, -0.05) is 26.2 Å². The quantitative estimate of drug-likeness (QED) is 0.329. The Morgan fingerprint density at radius 2 is 1.87 bits per heavy atom. The Balaban J connectivity index is 2.13. The van der Waals surface area contributed by atoms with Gasteiger partial charge < -0.3 is 20.3 Å². The normalized spacial score (nSPS) is 16.3. The van der Waals surface area contributed by atoms with Crippen molar-refractivity contribution in [1.29, 1.82) is 0 Å². The summed E-state index contributed by atoms with van der Waals surface area (Å²) in [6.45, 7) is 9.74. The topological polar surface area (TPSA) is 48.9 Å². The average Bonchev–Trinajstić information content (AvgIpc) is 3.08. The summed E-state index contributed by atoms with van der Waals surface area (Å²) in [7, 11) is 2.25. The fourth-order valence-corrected chi connectivity index (χ4v) is 2.93. The number of unbranched alkanes of at least 4 members (excludes halogenated alkanes) is 1. The highest BCUT2D eigenvalue weighted by molar-refractivity contribution is 5.79. The molecule has 0 bridgehead atoms. The Kier molecular flexibility index (Phi) is 12.0. The van der Waals surface area contributed by atoms with Crippen LogP contribution in [0.4, 0.5) is 0 Å². The molecule has 0 aromatic rings. The van der Waals surface area contributed by atoms with Gasteiger partial charge in [-0.05, 0) is 39.7 Å². The van der Waals surface area contributed by atoms with Gasteiger partial charge in [0, 0.05) is 45.4 Å². The summed E-state index contributed by atoms with van der Waals surface area (Å²) in [6.07, 6.45) is 8.86. The fourth-order valence-electron chi connectivity index (χ4n) is 2.93. The van der Waals surface area contributed by atoms with Gasteiger partial charge in [-0.15, -0.1) is 0 Å². The summed E-state index contributed by atoms with van der Waals surface area (Å²) >= 11 is 0. The van der Waals surface area contributed by atoms with E-state index in [1.54, 1.807) is 0 Å². The minimum atomic E-state index is 0.789. The molecule has 0 heterocycles. The Hall–Kier alpha value is -0.810. The van der Waals surface area contributed by atoms with Crippen LogP contribution in [0.2, 0.25) is 0 Å². The van der Waals surface area contributed by atoms with Crippen LogP contribution < -0.4 is 10.6 Å². The van der Waals surface area contributed by atoms with Crippen LogP contribution in [0.5, 0.6) is 0 Å². The summed E-state index contributed by atoms with van der Waals surface area (Å²) in [4.78, 5) is 7.11. The number of guanidine groups is 1. The zero-order valence-electron chi connectivity index (χ0n) is 15.6. The Morgan fingerprint density at radius 1 is 1.13 bits per heavy atom. The summed E-state index contributed by atoms with van der Waals surface area (Å²) < 4.78 is 5.57. The van der Waals surface area contributed by atoms with Gasteiger partial charge in [0.2, 0.25) is 0 Å². The van der Waals surface area contributed by atoms with Crippen molar-refractivity contribution in [3.8, 4) is 0 Å². The largest absolute Gasteiger partial charge is 0.381 e. The Bertz CT molecular complexity index is 303. The zero-order chi connectivity index (χ0) is 16.8. The minimum Gasteiger partial charge on any atom is -0.381 e. The van der Waals surface area contributed by atoms with Gasteiger partial charge in [0.05, 0.1) is 0 Å². The number of nitrogens with zero attached hydrogens (tertiary/aromatic N) is 2. The van der Waals surface area contributed by atoms with E-state index < -0.39 is 0 Å². The van der Waals surface area contributed by atoms with Crippen molar-refractivity contribution in [2.24, 2.45) is 4.99 Å². The predicted molar refractivity (Wildman–Crippen MR) is 99.2 cm³/mol. The van der Waals surface area contributed by atoms with Crippen molar-refractivity contribution in [3.63, 3.8) is 0 Å².